The molecule has 3 rings (SSSR count). The van der Waals surface area contributed by atoms with Crippen LogP contribution in [0.2, 0.25) is 0 Å². The van der Waals surface area contributed by atoms with E-state index in [4.69, 9.17) is 14.0 Å². The van der Waals surface area contributed by atoms with Crippen molar-refractivity contribution in [2.45, 2.75) is 20.3 Å². The Bertz CT molecular complexity index is 915. The summed E-state index contributed by atoms with van der Waals surface area (Å²) in [5.74, 6) is 1.60. The summed E-state index contributed by atoms with van der Waals surface area (Å²) in [5, 5.41) is 15.8. The maximum Gasteiger partial charge on any atom is 0.230 e. The van der Waals surface area contributed by atoms with Gasteiger partial charge in [-0.25, -0.2) is 0 Å². The average Bonchev–Trinajstić information content (AvgIpc) is 3.22. The van der Waals surface area contributed by atoms with Crippen LogP contribution in [0, 0.1) is 13.8 Å². The number of carbonyl (C=O) groups excluding carboxylic acids is 1. The van der Waals surface area contributed by atoms with Crippen LogP contribution in [0.5, 0.6) is 11.5 Å². The summed E-state index contributed by atoms with van der Waals surface area (Å²) >= 11 is 1.26. The largest absolute Gasteiger partial charge is 0.493 e. The fourth-order valence-electron chi connectivity index (χ4n) is 2.52. The Balaban J connectivity index is 1.77. The van der Waals surface area contributed by atoms with Crippen LogP contribution in [-0.4, -0.2) is 35.5 Å². The first-order valence-electron chi connectivity index (χ1n) is 7.80. The average molecular weight is 374 g/mol. The highest BCUT2D eigenvalue weighted by molar-refractivity contribution is 7.18. The number of methoxy groups -OCH3 is 2. The van der Waals surface area contributed by atoms with Gasteiger partial charge in [0.2, 0.25) is 11.0 Å². The normalized spacial score (nSPS) is 10.6. The van der Waals surface area contributed by atoms with E-state index in [1.165, 1.54) is 11.3 Å². The fourth-order valence-corrected chi connectivity index (χ4v) is 3.30. The number of hydrogen-bond donors (Lipinski definition) is 1. The molecule has 1 N–H and O–H groups in total. The Morgan fingerprint density at radius 1 is 1.23 bits per heavy atom. The SMILES string of the molecule is COc1cccc(-c2nnc(NC(=O)Cc3c(C)noc3C)s2)c1OC. The highest BCUT2D eigenvalue weighted by Gasteiger charge is 2.18. The molecule has 0 aliphatic carbocycles. The van der Waals surface area contributed by atoms with Crippen molar-refractivity contribution in [1.82, 2.24) is 15.4 Å². The van der Waals surface area contributed by atoms with Crippen LogP contribution >= 0.6 is 11.3 Å². The zero-order valence-corrected chi connectivity index (χ0v) is 15.6. The molecule has 3 aromatic rings. The van der Waals surface area contributed by atoms with Gasteiger partial charge in [0.05, 0.1) is 31.9 Å². The molecule has 0 bridgehead atoms. The van der Waals surface area contributed by atoms with Gasteiger partial charge in [0.1, 0.15) is 5.76 Å². The number of hydrogen-bond acceptors (Lipinski definition) is 8. The molecule has 0 fully saturated rings. The number of nitrogens with one attached hydrogen (secondary N) is 1. The number of aromatic nitrogens is 3. The van der Waals surface area contributed by atoms with Crippen LogP contribution in [0.15, 0.2) is 22.7 Å². The third-order valence-corrected chi connectivity index (χ3v) is 4.70. The van der Waals surface area contributed by atoms with Gasteiger partial charge in [-0.05, 0) is 26.0 Å². The van der Waals surface area contributed by atoms with Crippen LogP contribution < -0.4 is 14.8 Å². The minimum absolute atomic E-state index is 0.165. The van der Waals surface area contributed by atoms with Gasteiger partial charge in [-0.3, -0.25) is 4.79 Å². The minimum atomic E-state index is -0.209. The van der Waals surface area contributed by atoms with Gasteiger partial charge in [-0.1, -0.05) is 22.6 Å². The van der Waals surface area contributed by atoms with E-state index >= 15 is 0 Å². The van der Waals surface area contributed by atoms with E-state index in [1.807, 2.05) is 12.1 Å². The maximum absolute atomic E-state index is 12.3. The first-order valence-corrected chi connectivity index (χ1v) is 8.61. The van der Waals surface area contributed by atoms with Gasteiger partial charge in [0.25, 0.3) is 0 Å². The lowest BCUT2D eigenvalue weighted by atomic mass is 10.1. The summed E-state index contributed by atoms with van der Waals surface area (Å²) < 4.78 is 15.8. The molecule has 9 heteroatoms. The molecule has 2 heterocycles. The number of aryl methyl sites for hydroxylation is 2. The van der Waals surface area contributed by atoms with Crippen LogP contribution in [0.1, 0.15) is 17.0 Å². The number of nitrogens with zero attached hydrogens (tertiary/aromatic N) is 3. The summed E-state index contributed by atoms with van der Waals surface area (Å²) in [5.41, 5.74) is 2.23. The number of carbonyl (C=O) groups is 1. The Morgan fingerprint density at radius 3 is 2.69 bits per heavy atom. The highest BCUT2D eigenvalue weighted by Crippen LogP contribution is 2.39. The lowest BCUT2D eigenvalue weighted by Gasteiger charge is -2.10. The van der Waals surface area contributed by atoms with Crippen molar-refractivity contribution >= 4 is 22.4 Å². The van der Waals surface area contributed by atoms with Crippen molar-refractivity contribution in [3.05, 3.63) is 35.2 Å². The van der Waals surface area contributed by atoms with Gasteiger partial charge >= 0.3 is 0 Å². The van der Waals surface area contributed by atoms with E-state index in [0.29, 0.717) is 33.1 Å². The number of rotatable bonds is 6. The quantitative estimate of drug-likeness (QED) is 0.708. The molecular weight excluding hydrogens is 356 g/mol. The number of para-hydroxylation sites is 1. The van der Waals surface area contributed by atoms with E-state index in [2.05, 4.69) is 20.7 Å². The van der Waals surface area contributed by atoms with Crippen molar-refractivity contribution in [3.8, 4) is 22.1 Å². The van der Waals surface area contributed by atoms with Crippen molar-refractivity contribution in [2.24, 2.45) is 0 Å². The molecule has 0 aliphatic heterocycles. The Labute approximate surface area is 154 Å². The number of anilines is 1. The first kappa shape index (κ1) is 17.9. The van der Waals surface area contributed by atoms with Crippen LogP contribution in [0.3, 0.4) is 0 Å². The van der Waals surface area contributed by atoms with Crippen LogP contribution in [-0.2, 0) is 11.2 Å². The van der Waals surface area contributed by atoms with Crippen molar-refractivity contribution < 1.29 is 18.8 Å². The molecule has 0 saturated heterocycles. The van der Waals surface area contributed by atoms with Gasteiger partial charge in [-0.2, -0.15) is 0 Å². The number of ether oxygens (including phenoxy) is 2. The zero-order chi connectivity index (χ0) is 18.7. The fraction of sp³-hybridized carbons (Fsp3) is 0.294. The van der Waals surface area contributed by atoms with Crippen LogP contribution in [0.4, 0.5) is 5.13 Å². The van der Waals surface area contributed by atoms with Gasteiger partial charge in [0.15, 0.2) is 16.5 Å². The molecule has 8 nitrogen and oxygen atoms in total. The van der Waals surface area contributed by atoms with Crippen molar-refractivity contribution in [1.29, 1.82) is 0 Å². The first-order chi connectivity index (χ1) is 12.5. The van der Waals surface area contributed by atoms with Gasteiger partial charge in [-0.15, -0.1) is 10.2 Å². The molecule has 0 aliphatic rings. The van der Waals surface area contributed by atoms with E-state index in [0.717, 1.165) is 11.1 Å². The molecule has 0 radical (unpaired) electrons. The molecule has 0 saturated carbocycles. The topological polar surface area (TPSA) is 99.4 Å². The molecular formula is C17H18N4O4S. The van der Waals surface area contributed by atoms with E-state index in [-0.39, 0.29) is 12.3 Å². The highest BCUT2D eigenvalue weighted by atomic mass is 32.1. The van der Waals surface area contributed by atoms with E-state index in [1.54, 1.807) is 34.1 Å². The molecule has 0 spiro atoms. The third-order valence-electron chi connectivity index (χ3n) is 3.82. The molecule has 2 aromatic heterocycles. The molecule has 1 amide bonds. The summed E-state index contributed by atoms with van der Waals surface area (Å²) in [7, 11) is 3.14. The van der Waals surface area contributed by atoms with Crippen molar-refractivity contribution in [2.75, 3.05) is 19.5 Å². The standard InChI is InChI=1S/C17H18N4O4S/c1-9-12(10(2)25-21-9)8-14(22)18-17-20-19-16(26-17)11-6-5-7-13(23-3)15(11)24-4/h5-7H,8H2,1-4H3,(H,18,20,22). The Kier molecular flexibility index (Phi) is 5.17. The Hall–Kier alpha value is -2.94. The second kappa shape index (κ2) is 7.52. The smallest absolute Gasteiger partial charge is 0.230 e. The lowest BCUT2D eigenvalue weighted by Crippen LogP contribution is -2.15. The second-order valence-corrected chi connectivity index (χ2v) is 6.46. The summed E-state index contributed by atoms with van der Waals surface area (Å²) in [4.78, 5) is 12.3. The predicted molar refractivity (Wildman–Crippen MR) is 96.8 cm³/mol. The summed E-state index contributed by atoms with van der Waals surface area (Å²) in [6.45, 7) is 3.58. The lowest BCUT2D eigenvalue weighted by molar-refractivity contribution is -0.115. The van der Waals surface area contributed by atoms with E-state index in [9.17, 15) is 4.79 Å². The summed E-state index contributed by atoms with van der Waals surface area (Å²) in [6.07, 6.45) is 0.165. The summed E-state index contributed by atoms with van der Waals surface area (Å²) in [6, 6.07) is 5.50. The number of amides is 1. The molecule has 26 heavy (non-hydrogen) atoms. The predicted octanol–water partition coefficient (Wildman–Crippen LogP) is 3.01. The Morgan fingerprint density at radius 2 is 2.04 bits per heavy atom. The third kappa shape index (κ3) is 3.52. The van der Waals surface area contributed by atoms with Gasteiger partial charge in [0, 0.05) is 5.56 Å². The maximum atomic E-state index is 12.3. The van der Waals surface area contributed by atoms with Gasteiger partial charge < -0.3 is 19.3 Å². The monoisotopic (exact) mass is 374 g/mol. The van der Waals surface area contributed by atoms with E-state index < -0.39 is 0 Å². The minimum Gasteiger partial charge on any atom is -0.493 e. The van der Waals surface area contributed by atoms with Crippen molar-refractivity contribution in [3.63, 3.8) is 0 Å². The molecule has 0 atom stereocenters. The molecule has 136 valence electrons. The van der Waals surface area contributed by atoms with Crippen LogP contribution in [0.25, 0.3) is 10.6 Å². The second-order valence-electron chi connectivity index (χ2n) is 5.48. The zero-order valence-electron chi connectivity index (χ0n) is 14.8. The number of benzene rings is 1. The molecule has 0 unspecified atom stereocenters. The molecule has 1 aromatic carbocycles.